The summed E-state index contributed by atoms with van der Waals surface area (Å²) >= 11 is 0. The molecule has 0 amide bonds. The van der Waals surface area contributed by atoms with Gasteiger partial charge in [-0.3, -0.25) is 0 Å². The smallest absolute Gasteiger partial charge is 0.120 e. The minimum Gasteiger partial charge on any atom is -0.490 e. The average molecular weight is 232 g/mol. The lowest BCUT2D eigenvalue weighted by molar-refractivity contribution is -0.134. The molecule has 1 fully saturated rings. The lowest BCUT2D eigenvalue weighted by Crippen LogP contribution is -2.56. The zero-order chi connectivity index (χ0) is 12.0. The Balaban J connectivity index is 1.74. The Hall–Kier alpha value is -1.02. The molecule has 92 valence electrons. The van der Waals surface area contributed by atoms with Gasteiger partial charge in [-0.25, -0.2) is 0 Å². The maximum atomic E-state index is 9.70. The molecule has 0 spiro atoms. The first-order chi connectivity index (χ1) is 8.07. The van der Waals surface area contributed by atoms with Crippen LogP contribution >= 0.6 is 0 Å². The second-order valence-electron chi connectivity index (χ2n) is 5.96. The Morgan fingerprint density at radius 1 is 1.24 bits per heavy atom. The highest BCUT2D eigenvalue weighted by Crippen LogP contribution is 2.43. The molecule has 0 radical (unpaired) electrons. The first-order valence-electron chi connectivity index (χ1n) is 6.54. The summed E-state index contributed by atoms with van der Waals surface area (Å²) in [6, 6.07) is 6.45. The Kier molecular flexibility index (Phi) is 2.44. The minimum atomic E-state index is -0.220. The van der Waals surface area contributed by atoms with Crippen LogP contribution in [0.3, 0.4) is 0 Å². The van der Waals surface area contributed by atoms with Gasteiger partial charge in [-0.15, -0.1) is 0 Å². The van der Waals surface area contributed by atoms with Gasteiger partial charge in [0, 0.05) is 11.8 Å². The van der Waals surface area contributed by atoms with Crippen molar-refractivity contribution in [1.29, 1.82) is 0 Å². The summed E-state index contributed by atoms with van der Waals surface area (Å²) in [6.45, 7) is 4.14. The lowest BCUT2D eigenvalue weighted by atomic mass is 9.66. The molecule has 1 aromatic carbocycles. The molecule has 0 bridgehead atoms. The Morgan fingerprint density at radius 3 is 2.71 bits per heavy atom. The highest BCUT2D eigenvalue weighted by molar-refractivity contribution is 5.38. The van der Waals surface area contributed by atoms with Gasteiger partial charge < -0.3 is 9.84 Å². The molecule has 1 aromatic rings. The first kappa shape index (κ1) is 11.1. The van der Waals surface area contributed by atoms with E-state index in [2.05, 4.69) is 32.0 Å². The summed E-state index contributed by atoms with van der Waals surface area (Å²) in [5, 5.41) is 9.70. The number of benzene rings is 1. The van der Waals surface area contributed by atoms with E-state index < -0.39 is 0 Å². The molecule has 0 heterocycles. The van der Waals surface area contributed by atoms with Crippen LogP contribution in [-0.2, 0) is 12.8 Å². The van der Waals surface area contributed by atoms with Crippen LogP contribution in [0.2, 0.25) is 0 Å². The van der Waals surface area contributed by atoms with E-state index in [-0.39, 0.29) is 17.6 Å². The van der Waals surface area contributed by atoms with E-state index in [1.54, 1.807) is 0 Å². The van der Waals surface area contributed by atoms with Crippen molar-refractivity contribution in [3.05, 3.63) is 29.3 Å². The molecule has 17 heavy (non-hydrogen) atoms. The highest BCUT2D eigenvalue weighted by Gasteiger charge is 2.49. The molecule has 3 rings (SSSR count). The monoisotopic (exact) mass is 232 g/mol. The molecule has 0 aliphatic heterocycles. The number of hydrogen-bond acceptors (Lipinski definition) is 2. The van der Waals surface area contributed by atoms with Crippen LogP contribution in [0.25, 0.3) is 0 Å². The molecule has 2 heteroatoms. The lowest BCUT2D eigenvalue weighted by Gasteiger charge is -2.48. The highest BCUT2D eigenvalue weighted by atomic mass is 16.5. The fourth-order valence-corrected chi connectivity index (χ4v) is 2.85. The molecule has 2 aliphatic carbocycles. The van der Waals surface area contributed by atoms with E-state index in [0.717, 1.165) is 12.2 Å². The van der Waals surface area contributed by atoms with E-state index >= 15 is 0 Å². The maximum absolute atomic E-state index is 9.70. The summed E-state index contributed by atoms with van der Waals surface area (Å²) in [5.41, 5.74) is 2.81. The fraction of sp³-hybridized carbons (Fsp3) is 0.600. The minimum absolute atomic E-state index is 0.112. The standard InChI is InChI=1S/C15H20O2/c1-15(2)13(16)9-14(15)17-12-7-6-10-4-3-5-11(10)8-12/h6-8,13-14,16H,3-5,9H2,1-2H3. The largest absolute Gasteiger partial charge is 0.490 e. The quantitative estimate of drug-likeness (QED) is 0.849. The fourth-order valence-electron chi connectivity index (χ4n) is 2.85. The van der Waals surface area contributed by atoms with Crippen molar-refractivity contribution in [2.45, 2.75) is 51.7 Å². The first-order valence-corrected chi connectivity index (χ1v) is 6.54. The maximum Gasteiger partial charge on any atom is 0.120 e. The second kappa shape index (κ2) is 3.74. The predicted molar refractivity (Wildman–Crippen MR) is 67.3 cm³/mol. The zero-order valence-electron chi connectivity index (χ0n) is 10.6. The van der Waals surface area contributed by atoms with Gasteiger partial charge in [-0.05, 0) is 42.5 Å². The number of aryl methyl sites for hydroxylation is 2. The van der Waals surface area contributed by atoms with Crippen molar-refractivity contribution in [2.24, 2.45) is 5.41 Å². The number of fused-ring (bicyclic) bond motifs is 1. The van der Waals surface area contributed by atoms with E-state index in [9.17, 15) is 5.11 Å². The zero-order valence-corrected chi connectivity index (χ0v) is 10.6. The van der Waals surface area contributed by atoms with Crippen LogP contribution in [0.15, 0.2) is 18.2 Å². The second-order valence-corrected chi connectivity index (χ2v) is 5.96. The Bertz CT molecular complexity index is 437. The SMILES string of the molecule is CC1(C)C(O)CC1Oc1ccc2c(c1)CCC2. The molecule has 2 aliphatic rings. The van der Waals surface area contributed by atoms with Crippen LogP contribution < -0.4 is 4.74 Å². The summed E-state index contributed by atoms with van der Waals surface area (Å²) in [4.78, 5) is 0. The topological polar surface area (TPSA) is 29.5 Å². The van der Waals surface area contributed by atoms with Gasteiger partial charge in [-0.2, -0.15) is 0 Å². The van der Waals surface area contributed by atoms with E-state index in [0.29, 0.717) is 0 Å². The van der Waals surface area contributed by atoms with Crippen LogP contribution in [0.5, 0.6) is 5.75 Å². The van der Waals surface area contributed by atoms with Gasteiger partial charge in [-0.1, -0.05) is 19.9 Å². The van der Waals surface area contributed by atoms with E-state index in [1.165, 1.54) is 30.4 Å². The van der Waals surface area contributed by atoms with Gasteiger partial charge in [0.1, 0.15) is 11.9 Å². The van der Waals surface area contributed by atoms with Gasteiger partial charge in [0.25, 0.3) is 0 Å². The van der Waals surface area contributed by atoms with Crippen molar-refractivity contribution in [3.63, 3.8) is 0 Å². The molecular weight excluding hydrogens is 212 g/mol. The van der Waals surface area contributed by atoms with Crippen molar-refractivity contribution in [1.82, 2.24) is 0 Å². The molecular formula is C15H20O2. The number of rotatable bonds is 2. The number of hydrogen-bond donors (Lipinski definition) is 1. The molecule has 1 saturated carbocycles. The van der Waals surface area contributed by atoms with Gasteiger partial charge in [0.05, 0.1) is 6.10 Å². The molecule has 0 aromatic heterocycles. The third kappa shape index (κ3) is 1.75. The Morgan fingerprint density at radius 2 is 2.00 bits per heavy atom. The Labute approximate surface area is 103 Å². The molecule has 2 unspecified atom stereocenters. The molecule has 2 nitrogen and oxygen atoms in total. The van der Waals surface area contributed by atoms with Crippen molar-refractivity contribution >= 4 is 0 Å². The number of aliphatic hydroxyl groups is 1. The molecule has 1 N–H and O–H groups in total. The third-order valence-electron chi connectivity index (χ3n) is 4.47. The number of aliphatic hydroxyl groups excluding tert-OH is 1. The molecule has 2 atom stereocenters. The van der Waals surface area contributed by atoms with Gasteiger partial charge in [0.2, 0.25) is 0 Å². The predicted octanol–water partition coefficient (Wildman–Crippen LogP) is 2.71. The van der Waals surface area contributed by atoms with Crippen LogP contribution in [0, 0.1) is 5.41 Å². The number of ether oxygens (including phenoxy) is 1. The van der Waals surface area contributed by atoms with E-state index in [4.69, 9.17) is 4.74 Å². The molecule has 0 saturated heterocycles. The average Bonchev–Trinajstić information content (AvgIpc) is 2.76. The van der Waals surface area contributed by atoms with Crippen LogP contribution in [0.4, 0.5) is 0 Å². The summed E-state index contributed by atoms with van der Waals surface area (Å²) in [6.07, 6.45) is 4.35. The van der Waals surface area contributed by atoms with E-state index in [1.807, 2.05) is 0 Å². The summed E-state index contributed by atoms with van der Waals surface area (Å²) in [7, 11) is 0. The third-order valence-corrected chi connectivity index (χ3v) is 4.47. The summed E-state index contributed by atoms with van der Waals surface area (Å²) in [5.74, 6) is 0.968. The summed E-state index contributed by atoms with van der Waals surface area (Å²) < 4.78 is 6.00. The van der Waals surface area contributed by atoms with Crippen molar-refractivity contribution in [3.8, 4) is 5.75 Å². The normalized spacial score (nSPS) is 29.6. The van der Waals surface area contributed by atoms with Crippen molar-refractivity contribution < 1.29 is 9.84 Å². The van der Waals surface area contributed by atoms with Gasteiger partial charge in [0.15, 0.2) is 0 Å². The van der Waals surface area contributed by atoms with Crippen LogP contribution in [0.1, 0.15) is 37.8 Å². The van der Waals surface area contributed by atoms with Gasteiger partial charge >= 0.3 is 0 Å². The van der Waals surface area contributed by atoms with Crippen LogP contribution in [-0.4, -0.2) is 17.3 Å². The van der Waals surface area contributed by atoms with Crippen molar-refractivity contribution in [2.75, 3.05) is 0 Å².